The van der Waals surface area contributed by atoms with Crippen LogP contribution in [0.15, 0.2) is 40.1 Å². The van der Waals surface area contributed by atoms with Gasteiger partial charge in [-0.1, -0.05) is 19.4 Å². The van der Waals surface area contributed by atoms with E-state index in [1.807, 2.05) is 0 Å². The third kappa shape index (κ3) is 1.06. The Balaban J connectivity index is 2.28. The number of fused-ring (bicyclic) bond motifs is 1. The van der Waals surface area contributed by atoms with Gasteiger partial charge in [-0.2, -0.15) is 0 Å². The molecule has 0 fully saturated rings. The van der Waals surface area contributed by atoms with Gasteiger partial charge in [-0.05, 0) is 31.1 Å². The highest BCUT2D eigenvalue weighted by Gasteiger charge is 2.16. The Morgan fingerprint density at radius 2 is 2.17 bits per heavy atom. The smallest absolute Gasteiger partial charge is 0.0708 e. The van der Waals surface area contributed by atoms with Crippen LogP contribution < -0.4 is 0 Å². The average Bonchev–Trinajstić information content (AvgIpc) is 2.55. The highest BCUT2D eigenvalue weighted by Crippen LogP contribution is 2.27. The minimum atomic E-state index is 1.11. The second-order valence-electron chi connectivity index (χ2n) is 3.31. The molecule has 1 aliphatic heterocycles. The van der Waals surface area contributed by atoms with Crippen LogP contribution in [0.25, 0.3) is 0 Å². The quantitative estimate of drug-likeness (QED) is 0.587. The molecule has 2 aliphatic rings. The van der Waals surface area contributed by atoms with E-state index in [9.17, 15) is 0 Å². The molecule has 0 N–H and O–H groups in total. The van der Waals surface area contributed by atoms with Crippen LogP contribution in [0.5, 0.6) is 0 Å². The first-order valence-corrected chi connectivity index (χ1v) is 4.50. The first-order chi connectivity index (χ1) is 5.81. The fourth-order valence-electron chi connectivity index (χ4n) is 1.61. The van der Waals surface area contributed by atoms with Gasteiger partial charge in [0.2, 0.25) is 0 Å². The van der Waals surface area contributed by atoms with Gasteiger partial charge in [0.25, 0.3) is 0 Å². The predicted octanol–water partition coefficient (Wildman–Crippen LogP) is 3.01. The summed E-state index contributed by atoms with van der Waals surface area (Å²) < 4.78 is 0. The minimum Gasteiger partial charge on any atom is -0.253 e. The van der Waals surface area contributed by atoms with Gasteiger partial charge in [0.1, 0.15) is 0 Å². The summed E-state index contributed by atoms with van der Waals surface area (Å²) in [5.41, 5.74) is 5.08. The summed E-state index contributed by atoms with van der Waals surface area (Å²) >= 11 is 0. The number of aliphatic imine (C=N–C) groups is 1. The van der Waals surface area contributed by atoms with Crippen molar-refractivity contribution >= 4 is 5.71 Å². The van der Waals surface area contributed by atoms with Crippen molar-refractivity contribution in [1.82, 2.24) is 0 Å². The molecule has 0 saturated carbocycles. The molecule has 0 amide bonds. The molecule has 0 radical (unpaired) electrons. The Morgan fingerprint density at radius 3 is 2.83 bits per heavy atom. The van der Waals surface area contributed by atoms with Gasteiger partial charge in [-0.3, -0.25) is 4.99 Å². The fourth-order valence-corrected chi connectivity index (χ4v) is 1.61. The molecular weight excluding hydrogens is 146 g/mol. The zero-order valence-electron chi connectivity index (χ0n) is 7.59. The molecule has 1 aliphatic carbocycles. The highest BCUT2D eigenvalue weighted by molar-refractivity contribution is 6.16. The number of allylic oxidation sites excluding steroid dienone is 6. The molecule has 1 heteroatoms. The second-order valence-corrected chi connectivity index (χ2v) is 3.31. The highest BCUT2D eigenvalue weighted by atomic mass is 14.8. The number of nitrogens with zero attached hydrogens (tertiary/aromatic N) is 1. The lowest BCUT2D eigenvalue weighted by Crippen LogP contribution is -1.86. The molecule has 12 heavy (non-hydrogen) atoms. The van der Waals surface area contributed by atoms with Crippen LogP contribution in [0.3, 0.4) is 0 Å². The SMILES string of the molecule is CCCC1=CC2=C(C)C=CC2=N1. The van der Waals surface area contributed by atoms with Crippen molar-refractivity contribution in [2.75, 3.05) is 0 Å². The monoisotopic (exact) mass is 159 g/mol. The van der Waals surface area contributed by atoms with Gasteiger partial charge in [0.15, 0.2) is 0 Å². The Morgan fingerprint density at radius 1 is 1.33 bits per heavy atom. The molecule has 2 rings (SSSR count). The summed E-state index contributed by atoms with van der Waals surface area (Å²) in [5.74, 6) is 0. The van der Waals surface area contributed by atoms with Crippen molar-refractivity contribution < 1.29 is 0 Å². The molecule has 1 heterocycles. The van der Waals surface area contributed by atoms with E-state index in [-0.39, 0.29) is 0 Å². The minimum absolute atomic E-state index is 1.11. The van der Waals surface area contributed by atoms with Gasteiger partial charge < -0.3 is 0 Å². The molecule has 0 unspecified atom stereocenters. The van der Waals surface area contributed by atoms with Crippen molar-refractivity contribution in [1.29, 1.82) is 0 Å². The summed E-state index contributed by atoms with van der Waals surface area (Å²) in [6, 6.07) is 0. The lowest BCUT2D eigenvalue weighted by Gasteiger charge is -1.91. The summed E-state index contributed by atoms with van der Waals surface area (Å²) in [6.07, 6.45) is 8.73. The van der Waals surface area contributed by atoms with E-state index < -0.39 is 0 Å². The van der Waals surface area contributed by atoms with E-state index >= 15 is 0 Å². The fraction of sp³-hybridized carbons (Fsp3) is 0.364. The van der Waals surface area contributed by atoms with Crippen LogP contribution in [-0.2, 0) is 0 Å². The molecule has 1 nitrogen and oxygen atoms in total. The van der Waals surface area contributed by atoms with E-state index in [4.69, 9.17) is 0 Å². The standard InChI is InChI=1S/C11H13N/c1-3-4-9-7-10-8(2)5-6-11(10)12-9/h5-7H,3-4H2,1-2H3. The number of hydrogen-bond donors (Lipinski definition) is 0. The van der Waals surface area contributed by atoms with Gasteiger partial charge in [0.05, 0.1) is 5.71 Å². The molecule has 0 saturated heterocycles. The molecule has 0 aromatic heterocycles. The van der Waals surface area contributed by atoms with Crippen LogP contribution in [0.4, 0.5) is 0 Å². The van der Waals surface area contributed by atoms with E-state index in [1.165, 1.54) is 23.3 Å². The van der Waals surface area contributed by atoms with Crippen molar-refractivity contribution in [2.45, 2.75) is 26.7 Å². The van der Waals surface area contributed by atoms with Crippen LogP contribution in [-0.4, -0.2) is 5.71 Å². The first kappa shape index (κ1) is 7.53. The number of rotatable bonds is 2. The van der Waals surface area contributed by atoms with Crippen LogP contribution in [0, 0.1) is 0 Å². The lowest BCUT2D eigenvalue weighted by atomic mass is 10.1. The zero-order chi connectivity index (χ0) is 8.55. The molecule has 0 atom stereocenters. The first-order valence-electron chi connectivity index (χ1n) is 4.50. The van der Waals surface area contributed by atoms with Crippen LogP contribution in [0.2, 0.25) is 0 Å². The van der Waals surface area contributed by atoms with Gasteiger partial charge >= 0.3 is 0 Å². The summed E-state index contributed by atoms with van der Waals surface area (Å²) in [6.45, 7) is 4.33. The Labute approximate surface area is 73.2 Å². The normalized spacial score (nSPS) is 19.8. The van der Waals surface area contributed by atoms with E-state index in [1.54, 1.807) is 0 Å². The van der Waals surface area contributed by atoms with Crippen LogP contribution in [0.1, 0.15) is 26.7 Å². The van der Waals surface area contributed by atoms with E-state index in [0.29, 0.717) is 0 Å². The van der Waals surface area contributed by atoms with Gasteiger partial charge in [0, 0.05) is 11.3 Å². The van der Waals surface area contributed by atoms with Gasteiger partial charge in [-0.15, -0.1) is 0 Å². The largest absolute Gasteiger partial charge is 0.253 e. The molecular formula is C11H13N. The van der Waals surface area contributed by atoms with Crippen molar-refractivity contribution in [2.24, 2.45) is 4.99 Å². The Kier molecular flexibility index (Phi) is 1.72. The summed E-state index contributed by atoms with van der Waals surface area (Å²) in [7, 11) is 0. The van der Waals surface area contributed by atoms with E-state index in [2.05, 4.69) is 37.1 Å². The average molecular weight is 159 g/mol. The molecule has 0 aromatic rings. The van der Waals surface area contributed by atoms with Gasteiger partial charge in [-0.25, -0.2) is 0 Å². The van der Waals surface area contributed by atoms with Crippen molar-refractivity contribution in [3.05, 3.63) is 35.1 Å². The maximum atomic E-state index is 4.52. The second kappa shape index (κ2) is 2.74. The van der Waals surface area contributed by atoms with Crippen LogP contribution >= 0.6 is 0 Å². The topological polar surface area (TPSA) is 12.4 Å². The Hall–Kier alpha value is -1.11. The van der Waals surface area contributed by atoms with Crippen molar-refractivity contribution in [3.8, 4) is 0 Å². The molecule has 0 aromatic carbocycles. The number of hydrogen-bond acceptors (Lipinski definition) is 1. The van der Waals surface area contributed by atoms with Crippen molar-refractivity contribution in [3.63, 3.8) is 0 Å². The van der Waals surface area contributed by atoms with E-state index in [0.717, 1.165) is 12.1 Å². The maximum absolute atomic E-state index is 4.52. The molecule has 0 spiro atoms. The summed E-state index contributed by atoms with van der Waals surface area (Å²) in [5, 5.41) is 0. The lowest BCUT2D eigenvalue weighted by molar-refractivity contribution is 0.898. The third-order valence-electron chi connectivity index (χ3n) is 2.27. The predicted molar refractivity (Wildman–Crippen MR) is 52.3 cm³/mol. The molecule has 62 valence electrons. The maximum Gasteiger partial charge on any atom is 0.0708 e. The summed E-state index contributed by atoms with van der Waals surface area (Å²) in [4.78, 5) is 4.52. The third-order valence-corrected chi connectivity index (χ3v) is 2.27. The molecule has 0 bridgehead atoms. The zero-order valence-corrected chi connectivity index (χ0v) is 7.59. The Bertz CT molecular complexity index is 327.